The number of carbonyl (C=O) groups is 1. The molecule has 1 N–H and O–H groups in total. The van der Waals surface area contributed by atoms with Gasteiger partial charge in [-0.1, -0.05) is 13.3 Å². The lowest BCUT2D eigenvalue weighted by Gasteiger charge is -2.34. The number of hydrogen-bond acceptors (Lipinski definition) is 1. The monoisotopic (exact) mass is 142 g/mol. The first-order valence-corrected chi connectivity index (χ1v) is 3.95. The van der Waals surface area contributed by atoms with Crippen LogP contribution in [0.3, 0.4) is 0 Å². The van der Waals surface area contributed by atoms with Gasteiger partial charge in [0.25, 0.3) is 0 Å². The minimum atomic E-state index is -0.636. The molecular weight excluding hydrogens is 128 g/mol. The van der Waals surface area contributed by atoms with E-state index in [0.29, 0.717) is 18.3 Å². The molecule has 1 saturated carbocycles. The van der Waals surface area contributed by atoms with E-state index in [-0.39, 0.29) is 0 Å². The van der Waals surface area contributed by atoms with Gasteiger partial charge in [-0.3, -0.25) is 4.79 Å². The highest BCUT2D eigenvalue weighted by atomic mass is 16.4. The second-order valence-corrected chi connectivity index (χ2v) is 3.10. The van der Waals surface area contributed by atoms with Crippen molar-refractivity contribution in [1.29, 1.82) is 0 Å². The molecule has 1 aliphatic carbocycles. The predicted molar refractivity (Wildman–Crippen MR) is 38.8 cm³/mol. The summed E-state index contributed by atoms with van der Waals surface area (Å²) in [6.45, 7) is 2.14. The highest BCUT2D eigenvalue weighted by molar-refractivity contribution is 5.67. The maximum atomic E-state index is 10.3. The topological polar surface area (TPSA) is 37.3 Å². The molecule has 0 amide bonds. The first-order chi connectivity index (χ1) is 4.74. The van der Waals surface area contributed by atoms with Gasteiger partial charge in [-0.2, -0.15) is 0 Å². The molecule has 2 unspecified atom stereocenters. The van der Waals surface area contributed by atoms with E-state index in [0.717, 1.165) is 12.8 Å². The molecule has 0 aliphatic heterocycles. The average Bonchev–Trinajstić information content (AvgIpc) is 1.82. The fraction of sp³-hybridized carbons (Fsp3) is 0.875. The normalized spacial score (nSPS) is 31.3. The zero-order valence-electron chi connectivity index (χ0n) is 6.34. The SMILES string of the molecule is CCC1CCC1CC(=O)O. The molecule has 0 spiro atoms. The van der Waals surface area contributed by atoms with Crippen molar-refractivity contribution in [2.75, 3.05) is 0 Å². The molecule has 0 bridgehead atoms. The van der Waals surface area contributed by atoms with Crippen molar-refractivity contribution in [3.8, 4) is 0 Å². The summed E-state index contributed by atoms with van der Waals surface area (Å²) in [7, 11) is 0. The minimum absolute atomic E-state index is 0.387. The molecule has 1 aliphatic rings. The fourth-order valence-corrected chi connectivity index (χ4v) is 1.67. The Bertz CT molecular complexity index is 129. The molecule has 0 aromatic heterocycles. The lowest BCUT2D eigenvalue weighted by molar-refractivity contribution is -0.139. The molecule has 58 valence electrons. The molecular formula is C8H14O2. The van der Waals surface area contributed by atoms with Crippen LogP contribution in [0.1, 0.15) is 32.6 Å². The molecule has 0 saturated heterocycles. The van der Waals surface area contributed by atoms with Crippen LogP contribution in [-0.4, -0.2) is 11.1 Å². The molecule has 2 heteroatoms. The molecule has 10 heavy (non-hydrogen) atoms. The Kier molecular flexibility index (Phi) is 2.30. The van der Waals surface area contributed by atoms with Gasteiger partial charge in [0, 0.05) is 6.42 Å². The van der Waals surface area contributed by atoms with Gasteiger partial charge in [0.05, 0.1) is 0 Å². The van der Waals surface area contributed by atoms with Crippen LogP contribution in [0.25, 0.3) is 0 Å². The van der Waals surface area contributed by atoms with E-state index in [1.165, 1.54) is 6.42 Å². The Morgan fingerprint density at radius 1 is 1.50 bits per heavy atom. The Labute approximate surface area is 61.2 Å². The van der Waals surface area contributed by atoms with E-state index in [1.807, 2.05) is 0 Å². The van der Waals surface area contributed by atoms with Gasteiger partial charge in [-0.15, -0.1) is 0 Å². The third-order valence-electron chi connectivity index (χ3n) is 2.54. The van der Waals surface area contributed by atoms with Crippen LogP contribution in [0, 0.1) is 11.8 Å². The second-order valence-electron chi connectivity index (χ2n) is 3.10. The third kappa shape index (κ3) is 1.49. The number of aliphatic carboxylic acids is 1. The Hall–Kier alpha value is -0.530. The molecule has 1 fully saturated rings. The smallest absolute Gasteiger partial charge is 0.303 e. The van der Waals surface area contributed by atoms with Gasteiger partial charge < -0.3 is 5.11 Å². The Balaban J connectivity index is 2.23. The summed E-state index contributed by atoms with van der Waals surface area (Å²) in [5.41, 5.74) is 0. The van der Waals surface area contributed by atoms with E-state index in [2.05, 4.69) is 6.92 Å². The largest absolute Gasteiger partial charge is 0.481 e. The zero-order chi connectivity index (χ0) is 7.56. The summed E-state index contributed by atoms with van der Waals surface area (Å²) in [5, 5.41) is 8.46. The first kappa shape index (κ1) is 7.58. The lowest BCUT2D eigenvalue weighted by Crippen LogP contribution is -2.27. The first-order valence-electron chi connectivity index (χ1n) is 3.95. The van der Waals surface area contributed by atoms with E-state index in [4.69, 9.17) is 5.11 Å². The van der Waals surface area contributed by atoms with Crippen LogP contribution in [0.5, 0.6) is 0 Å². The van der Waals surface area contributed by atoms with Crippen LogP contribution in [-0.2, 0) is 4.79 Å². The van der Waals surface area contributed by atoms with Gasteiger partial charge in [0.2, 0.25) is 0 Å². The van der Waals surface area contributed by atoms with Crippen molar-refractivity contribution in [2.24, 2.45) is 11.8 Å². The number of carboxylic acid groups (broad SMARTS) is 1. The summed E-state index contributed by atoms with van der Waals surface area (Å²) < 4.78 is 0. The Morgan fingerprint density at radius 2 is 2.10 bits per heavy atom. The summed E-state index contributed by atoms with van der Waals surface area (Å²) in [4.78, 5) is 10.3. The fourth-order valence-electron chi connectivity index (χ4n) is 1.67. The summed E-state index contributed by atoms with van der Waals surface area (Å²) in [6.07, 6.45) is 3.91. The van der Waals surface area contributed by atoms with E-state index >= 15 is 0 Å². The van der Waals surface area contributed by atoms with Crippen molar-refractivity contribution < 1.29 is 9.90 Å². The lowest BCUT2D eigenvalue weighted by atomic mass is 9.71. The van der Waals surface area contributed by atoms with Gasteiger partial charge in [-0.25, -0.2) is 0 Å². The van der Waals surface area contributed by atoms with E-state index in [9.17, 15) is 4.79 Å². The summed E-state index contributed by atoms with van der Waals surface area (Å²) in [6, 6.07) is 0. The average molecular weight is 142 g/mol. The van der Waals surface area contributed by atoms with Gasteiger partial charge in [0.15, 0.2) is 0 Å². The molecule has 0 radical (unpaired) electrons. The van der Waals surface area contributed by atoms with Gasteiger partial charge in [0.1, 0.15) is 0 Å². The van der Waals surface area contributed by atoms with Crippen molar-refractivity contribution >= 4 is 5.97 Å². The molecule has 0 heterocycles. The molecule has 0 aromatic rings. The predicted octanol–water partition coefficient (Wildman–Crippen LogP) is 1.90. The summed E-state index contributed by atoms with van der Waals surface area (Å²) >= 11 is 0. The molecule has 2 atom stereocenters. The third-order valence-corrected chi connectivity index (χ3v) is 2.54. The van der Waals surface area contributed by atoms with Gasteiger partial charge in [-0.05, 0) is 24.7 Å². The second kappa shape index (κ2) is 3.04. The summed E-state index contributed by atoms with van der Waals surface area (Å²) in [5.74, 6) is 0.557. The van der Waals surface area contributed by atoms with Crippen LogP contribution in [0.2, 0.25) is 0 Å². The molecule has 1 rings (SSSR count). The van der Waals surface area contributed by atoms with Crippen molar-refractivity contribution in [2.45, 2.75) is 32.6 Å². The standard InChI is InChI=1S/C8H14O2/c1-2-6-3-4-7(6)5-8(9)10/h6-7H,2-5H2,1H3,(H,9,10). The molecule has 2 nitrogen and oxygen atoms in total. The van der Waals surface area contributed by atoms with E-state index in [1.54, 1.807) is 0 Å². The van der Waals surface area contributed by atoms with Crippen LogP contribution >= 0.6 is 0 Å². The van der Waals surface area contributed by atoms with Crippen molar-refractivity contribution in [3.05, 3.63) is 0 Å². The van der Waals surface area contributed by atoms with Crippen molar-refractivity contribution in [3.63, 3.8) is 0 Å². The number of rotatable bonds is 3. The maximum Gasteiger partial charge on any atom is 0.303 e. The number of hydrogen-bond donors (Lipinski definition) is 1. The molecule has 0 aromatic carbocycles. The highest BCUT2D eigenvalue weighted by Crippen LogP contribution is 2.38. The minimum Gasteiger partial charge on any atom is -0.481 e. The van der Waals surface area contributed by atoms with E-state index < -0.39 is 5.97 Å². The zero-order valence-corrected chi connectivity index (χ0v) is 6.34. The van der Waals surface area contributed by atoms with Crippen molar-refractivity contribution in [1.82, 2.24) is 0 Å². The quantitative estimate of drug-likeness (QED) is 0.653. The van der Waals surface area contributed by atoms with Crippen LogP contribution in [0.4, 0.5) is 0 Å². The van der Waals surface area contributed by atoms with Gasteiger partial charge >= 0.3 is 5.97 Å². The highest BCUT2D eigenvalue weighted by Gasteiger charge is 2.30. The maximum absolute atomic E-state index is 10.3. The van der Waals surface area contributed by atoms with Crippen LogP contribution < -0.4 is 0 Å². The Morgan fingerprint density at radius 3 is 2.40 bits per heavy atom. The number of carboxylic acids is 1. The van der Waals surface area contributed by atoms with Crippen LogP contribution in [0.15, 0.2) is 0 Å².